The first-order valence-electron chi connectivity index (χ1n) is 10.9. The summed E-state index contributed by atoms with van der Waals surface area (Å²) in [5, 5.41) is 7.53. The highest BCUT2D eigenvalue weighted by Crippen LogP contribution is 2.32. The number of benzene rings is 2. The van der Waals surface area contributed by atoms with Gasteiger partial charge >= 0.3 is 0 Å². The Morgan fingerprint density at radius 3 is 2.48 bits per heavy atom. The van der Waals surface area contributed by atoms with E-state index in [4.69, 9.17) is 4.74 Å². The van der Waals surface area contributed by atoms with E-state index in [1.54, 1.807) is 12.3 Å². The Labute approximate surface area is 190 Å². The molecule has 170 valence electrons. The molecule has 0 amide bonds. The monoisotopic (exact) mass is 450 g/mol. The van der Waals surface area contributed by atoms with Gasteiger partial charge in [0.1, 0.15) is 11.6 Å². The average Bonchev–Trinajstić information content (AvgIpc) is 3.29. The predicted molar refractivity (Wildman–Crippen MR) is 123 cm³/mol. The third-order valence-corrected chi connectivity index (χ3v) is 5.70. The zero-order chi connectivity index (χ0) is 22.9. The van der Waals surface area contributed by atoms with E-state index in [2.05, 4.69) is 51.3 Å². The van der Waals surface area contributed by atoms with Gasteiger partial charge in [0, 0.05) is 30.5 Å². The Balaban J connectivity index is 1.55. The van der Waals surface area contributed by atoms with Gasteiger partial charge in [-0.2, -0.15) is 14.6 Å². The highest BCUT2D eigenvalue weighted by Gasteiger charge is 2.19. The van der Waals surface area contributed by atoms with Gasteiger partial charge in [0.25, 0.3) is 0 Å². The van der Waals surface area contributed by atoms with Gasteiger partial charge in [-0.1, -0.05) is 19.9 Å². The number of nitrogens with zero attached hydrogens (tertiary/aromatic N) is 5. The summed E-state index contributed by atoms with van der Waals surface area (Å²) in [6, 6.07) is 11.5. The minimum Gasteiger partial charge on any atom is -0.378 e. The number of halogens is 2. The number of hydrogen-bond acceptors (Lipinski definition) is 6. The van der Waals surface area contributed by atoms with E-state index < -0.39 is 11.6 Å². The lowest BCUT2D eigenvalue weighted by Gasteiger charge is -2.31. The van der Waals surface area contributed by atoms with Crippen molar-refractivity contribution >= 4 is 23.0 Å². The fourth-order valence-electron chi connectivity index (χ4n) is 4.05. The van der Waals surface area contributed by atoms with Gasteiger partial charge in [0.05, 0.1) is 25.0 Å². The molecule has 0 spiro atoms. The molecule has 4 aromatic rings. The van der Waals surface area contributed by atoms with E-state index in [0.717, 1.165) is 18.8 Å². The van der Waals surface area contributed by atoms with Crippen LogP contribution in [0.5, 0.6) is 0 Å². The summed E-state index contributed by atoms with van der Waals surface area (Å²) in [4.78, 5) is 11.1. The molecule has 1 fully saturated rings. The molecular formula is C24H24F2N6O. The molecule has 0 atom stereocenters. The quantitative estimate of drug-likeness (QED) is 0.472. The van der Waals surface area contributed by atoms with E-state index in [9.17, 15) is 8.78 Å². The molecule has 2 aromatic heterocycles. The molecule has 1 aliphatic heterocycles. The molecule has 0 radical (unpaired) electrons. The molecule has 0 bridgehead atoms. The number of aromatic nitrogens is 4. The lowest BCUT2D eigenvalue weighted by molar-refractivity contribution is 0.122. The smallest absolute Gasteiger partial charge is 0.232 e. The molecule has 1 aliphatic rings. The normalized spacial score (nSPS) is 14.3. The van der Waals surface area contributed by atoms with Crippen molar-refractivity contribution in [2.75, 3.05) is 36.5 Å². The van der Waals surface area contributed by atoms with E-state index in [1.807, 2.05) is 6.07 Å². The average molecular weight is 450 g/mol. The number of anilines is 3. The third-order valence-electron chi connectivity index (χ3n) is 5.70. The molecule has 0 unspecified atom stereocenters. The van der Waals surface area contributed by atoms with Crippen molar-refractivity contribution in [1.82, 2.24) is 19.6 Å². The van der Waals surface area contributed by atoms with Gasteiger partial charge < -0.3 is 15.0 Å². The Hall–Kier alpha value is -3.59. The summed E-state index contributed by atoms with van der Waals surface area (Å²) in [7, 11) is 0. The Morgan fingerprint density at radius 2 is 1.76 bits per heavy atom. The van der Waals surface area contributed by atoms with E-state index in [-0.39, 0.29) is 11.4 Å². The van der Waals surface area contributed by atoms with Crippen LogP contribution in [0.1, 0.15) is 25.3 Å². The summed E-state index contributed by atoms with van der Waals surface area (Å²) in [5.41, 5.74) is 3.33. The minimum atomic E-state index is -0.721. The molecule has 3 heterocycles. The Kier molecular flexibility index (Phi) is 5.63. The van der Waals surface area contributed by atoms with Crippen LogP contribution in [0.25, 0.3) is 17.0 Å². The fraction of sp³-hybridized carbons (Fsp3) is 0.292. The fourth-order valence-corrected chi connectivity index (χ4v) is 4.05. The number of rotatable bonds is 5. The lowest BCUT2D eigenvalue weighted by Crippen LogP contribution is -2.36. The zero-order valence-electron chi connectivity index (χ0n) is 18.4. The summed E-state index contributed by atoms with van der Waals surface area (Å²) >= 11 is 0. The zero-order valence-corrected chi connectivity index (χ0v) is 18.4. The minimum absolute atomic E-state index is 0.0462. The van der Waals surface area contributed by atoms with E-state index >= 15 is 0 Å². The number of ether oxygens (including phenoxy) is 1. The standard InChI is InChI=1S/C24H24F2N6O/c1-15(2)17-14-16(6-7-20(17)31-10-12-33-13-11-31)28-24-30-23(29-21-8-9-27-32(21)24)22-18(25)4-3-5-19(22)26/h3-9,14-15H,10-13H2,1-2H3,(H,28,29,30). The molecule has 33 heavy (non-hydrogen) atoms. The second-order valence-corrected chi connectivity index (χ2v) is 8.22. The first kappa shape index (κ1) is 21.3. The maximum Gasteiger partial charge on any atom is 0.232 e. The second kappa shape index (κ2) is 8.74. The van der Waals surface area contributed by atoms with Crippen molar-refractivity contribution in [3.8, 4) is 11.4 Å². The molecule has 0 saturated carbocycles. The number of hydrogen-bond donors (Lipinski definition) is 1. The van der Waals surface area contributed by atoms with Crippen LogP contribution in [-0.4, -0.2) is 45.9 Å². The van der Waals surface area contributed by atoms with Crippen molar-refractivity contribution < 1.29 is 13.5 Å². The van der Waals surface area contributed by atoms with Crippen LogP contribution in [0.4, 0.5) is 26.1 Å². The van der Waals surface area contributed by atoms with Gasteiger partial charge in [-0.25, -0.2) is 13.8 Å². The van der Waals surface area contributed by atoms with Crippen molar-refractivity contribution in [3.63, 3.8) is 0 Å². The molecule has 5 rings (SSSR count). The van der Waals surface area contributed by atoms with Crippen LogP contribution < -0.4 is 10.2 Å². The van der Waals surface area contributed by atoms with Gasteiger partial charge in [-0.3, -0.25) is 0 Å². The number of nitrogens with one attached hydrogen (secondary N) is 1. The van der Waals surface area contributed by atoms with Crippen LogP contribution >= 0.6 is 0 Å². The van der Waals surface area contributed by atoms with Crippen molar-refractivity contribution in [3.05, 3.63) is 65.9 Å². The molecule has 1 N–H and O–H groups in total. The molecule has 1 saturated heterocycles. The van der Waals surface area contributed by atoms with Crippen molar-refractivity contribution in [2.45, 2.75) is 19.8 Å². The van der Waals surface area contributed by atoms with E-state index in [0.29, 0.717) is 30.7 Å². The van der Waals surface area contributed by atoms with Gasteiger partial charge in [-0.05, 0) is 41.8 Å². The SMILES string of the molecule is CC(C)c1cc(Nc2nc(-c3c(F)cccc3F)nc3ccnn23)ccc1N1CCOCC1. The van der Waals surface area contributed by atoms with Crippen LogP contribution in [0.3, 0.4) is 0 Å². The second-order valence-electron chi connectivity index (χ2n) is 8.22. The van der Waals surface area contributed by atoms with Gasteiger partial charge in [0.15, 0.2) is 11.5 Å². The number of fused-ring (bicyclic) bond motifs is 1. The van der Waals surface area contributed by atoms with Gasteiger partial charge in [0.2, 0.25) is 5.95 Å². The van der Waals surface area contributed by atoms with Crippen molar-refractivity contribution in [2.24, 2.45) is 0 Å². The number of morpholine rings is 1. The Morgan fingerprint density at radius 1 is 1.00 bits per heavy atom. The lowest BCUT2D eigenvalue weighted by atomic mass is 9.99. The topological polar surface area (TPSA) is 67.6 Å². The maximum absolute atomic E-state index is 14.4. The highest BCUT2D eigenvalue weighted by molar-refractivity contribution is 5.67. The molecule has 7 nitrogen and oxygen atoms in total. The first-order valence-corrected chi connectivity index (χ1v) is 10.9. The van der Waals surface area contributed by atoms with Gasteiger partial charge in [-0.15, -0.1) is 0 Å². The molecule has 2 aromatic carbocycles. The van der Waals surface area contributed by atoms with Crippen LogP contribution in [0.2, 0.25) is 0 Å². The molecule has 9 heteroatoms. The Bertz CT molecular complexity index is 1280. The van der Waals surface area contributed by atoms with Crippen molar-refractivity contribution in [1.29, 1.82) is 0 Å². The predicted octanol–water partition coefficient (Wildman–Crippen LogP) is 4.77. The highest BCUT2D eigenvalue weighted by atomic mass is 19.1. The largest absolute Gasteiger partial charge is 0.378 e. The molecular weight excluding hydrogens is 426 g/mol. The first-order chi connectivity index (χ1) is 16.0. The van der Waals surface area contributed by atoms with Crippen LogP contribution in [-0.2, 0) is 4.74 Å². The summed E-state index contributed by atoms with van der Waals surface area (Å²) in [6.45, 7) is 7.43. The third kappa shape index (κ3) is 4.11. The van der Waals surface area contributed by atoms with Crippen LogP contribution in [0.15, 0.2) is 48.7 Å². The van der Waals surface area contributed by atoms with Crippen LogP contribution in [0, 0.1) is 11.6 Å². The maximum atomic E-state index is 14.4. The van der Waals surface area contributed by atoms with E-state index in [1.165, 1.54) is 34.0 Å². The molecule has 0 aliphatic carbocycles. The summed E-state index contributed by atoms with van der Waals surface area (Å²) in [5.74, 6) is -0.877. The summed E-state index contributed by atoms with van der Waals surface area (Å²) in [6.07, 6.45) is 1.57. The summed E-state index contributed by atoms with van der Waals surface area (Å²) < 4.78 is 35.8.